The molecule has 0 aliphatic carbocycles. The number of hydrogen-bond acceptors (Lipinski definition) is 2. The first kappa shape index (κ1) is 14.2. The molecule has 1 atom stereocenters. The van der Waals surface area contributed by atoms with Crippen LogP contribution in [0.4, 0.5) is 0 Å². The van der Waals surface area contributed by atoms with Crippen molar-refractivity contribution in [2.75, 3.05) is 27.2 Å². The summed E-state index contributed by atoms with van der Waals surface area (Å²) in [4.78, 5) is 2.29. The standard InChI is InChI=1S/C15H26N2/c1-7-16-10-15(17(5)6)14-9-12(3)11(2)8-13(14)4/h8-9,15-16H,7,10H2,1-6H3. The Morgan fingerprint density at radius 2 is 1.65 bits per heavy atom. The molecule has 1 unspecified atom stereocenters. The molecule has 0 bridgehead atoms. The summed E-state index contributed by atoms with van der Waals surface area (Å²) in [6.45, 7) is 10.8. The van der Waals surface area contributed by atoms with Crippen LogP contribution in [-0.2, 0) is 0 Å². The van der Waals surface area contributed by atoms with Crippen molar-refractivity contribution in [3.05, 3.63) is 34.4 Å². The van der Waals surface area contributed by atoms with Crippen LogP contribution in [0.5, 0.6) is 0 Å². The van der Waals surface area contributed by atoms with E-state index in [0.29, 0.717) is 6.04 Å². The predicted molar refractivity (Wildman–Crippen MR) is 75.6 cm³/mol. The van der Waals surface area contributed by atoms with Gasteiger partial charge in [0.25, 0.3) is 0 Å². The van der Waals surface area contributed by atoms with Crippen LogP contribution in [-0.4, -0.2) is 32.1 Å². The van der Waals surface area contributed by atoms with Crippen molar-refractivity contribution in [3.63, 3.8) is 0 Å². The van der Waals surface area contributed by atoms with Gasteiger partial charge >= 0.3 is 0 Å². The average molecular weight is 234 g/mol. The molecule has 0 fully saturated rings. The second-order valence-electron chi connectivity index (χ2n) is 5.08. The third-order valence-corrected chi connectivity index (χ3v) is 3.45. The summed E-state index contributed by atoms with van der Waals surface area (Å²) >= 11 is 0. The van der Waals surface area contributed by atoms with E-state index >= 15 is 0 Å². The van der Waals surface area contributed by atoms with E-state index in [9.17, 15) is 0 Å². The molecular weight excluding hydrogens is 208 g/mol. The number of aryl methyl sites for hydroxylation is 3. The average Bonchev–Trinajstić information content (AvgIpc) is 2.25. The lowest BCUT2D eigenvalue weighted by Gasteiger charge is -2.27. The fourth-order valence-corrected chi connectivity index (χ4v) is 2.19. The molecule has 2 heteroatoms. The molecular formula is C15H26N2. The molecule has 0 radical (unpaired) electrons. The van der Waals surface area contributed by atoms with Crippen molar-refractivity contribution in [2.24, 2.45) is 0 Å². The number of hydrogen-bond donors (Lipinski definition) is 1. The first-order valence-electron chi connectivity index (χ1n) is 6.42. The van der Waals surface area contributed by atoms with Gasteiger partial charge in [-0.25, -0.2) is 0 Å². The maximum Gasteiger partial charge on any atom is 0.0469 e. The van der Waals surface area contributed by atoms with Gasteiger partial charge < -0.3 is 10.2 Å². The van der Waals surface area contributed by atoms with Gasteiger partial charge in [0.15, 0.2) is 0 Å². The Kier molecular flexibility index (Phi) is 5.16. The van der Waals surface area contributed by atoms with E-state index in [4.69, 9.17) is 0 Å². The lowest BCUT2D eigenvalue weighted by atomic mass is 9.95. The smallest absolute Gasteiger partial charge is 0.0469 e. The van der Waals surface area contributed by atoms with E-state index in [2.05, 4.69) is 64.1 Å². The topological polar surface area (TPSA) is 15.3 Å². The first-order valence-corrected chi connectivity index (χ1v) is 6.42. The Hall–Kier alpha value is -0.860. The zero-order chi connectivity index (χ0) is 13.0. The maximum atomic E-state index is 3.45. The Morgan fingerprint density at radius 1 is 1.06 bits per heavy atom. The highest BCUT2D eigenvalue weighted by molar-refractivity contribution is 5.38. The summed E-state index contributed by atoms with van der Waals surface area (Å²) in [6, 6.07) is 5.09. The molecule has 0 aliphatic rings. The van der Waals surface area contributed by atoms with E-state index in [0.717, 1.165) is 13.1 Å². The lowest BCUT2D eigenvalue weighted by Crippen LogP contribution is -2.31. The minimum Gasteiger partial charge on any atom is -0.315 e. The largest absolute Gasteiger partial charge is 0.315 e. The third-order valence-electron chi connectivity index (χ3n) is 3.45. The highest BCUT2D eigenvalue weighted by Crippen LogP contribution is 2.24. The molecule has 17 heavy (non-hydrogen) atoms. The fraction of sp³-hybridized carbons (Fsp3) is 0.600. The first-order chi connectivity index (χ1) is 7.97. The molecule has 1 rings (SSSR count). The van der Waals surface area contributed by atoms with Crippen molar-refractivity contribution >= 4 is 0 Å². The van der Waals surface area contributed by atoms with Crippen LogP contribution in [0.15, 0.2) is 12.1 Å². The summed E-state index contributed by atoms with van der Waals surface area (Å²) in [6.07, 6.45) is 0. The summed E-state index contributed by atoms with van der Waals surface area (Å²) in [5.41, 5.74) is 5.60. The molecule has 0 amide bonds. The molecule has 0 saturated carbocycles. The van der Waals surface area contributed by atoms with E-state index in [-0.39, 0.29) is 0 Å². The third kappa shape index (κ3) is 3.55. The van der Waals surface area contributed by atoms with Gasteiger partial charge in [0.2, 0.25) is 0 Å². The number of benzene rings is 1. The predicted octanol–water partition coefficient (Wildman–Crippen LogP) is 2.82. The normalized spacial score (nSPS) is 13.1. The SMILES string of the molecule is CCNCC(c1cc(C)c(C)cc1C)N(C)C. The fourth-order valence-electron chi connectivity index (χ4n) is 2.19. The van der Waals surface area contributed by atoms with Gasteiger partial charge in [-0.1, -0.05) is 19.1 Å². The van der Waals surface area contributed by atoms with E-state index < -0.39 is 0 Å². The van der Waals surface area contributed by atoms with Crippen LogP contribution in [0.25, 0.3) is 0 Å². The number of nitrogens with zero attached hydrogens (tertiary/aromatic N) is 1. The maximum absolute atomic E-state index is 3.45. The summed E-state index contributed by atoms with van der Waals surface area (Å²) < 4.78 is 0. The van der Waals surface area contributed by atoms with Crippen LogP contribution in [0.2, 0.25) is 0 Å². The van der Waals surface area contributed by atoms with Crippen molar-refractivity contribution in [3.8, 4) is 0 Å². The van der Waals surface area contributed by atoms with Crippen LogP contribution in [0.3, 0.4) is 0 Å². The van der Waals surface area contributed by atoms with Gasteiger partial charge in [0.05, 0.1) is 0 Å². The van der Waals surface area contributed by atoms with Crippen molar-refractivity contribution in [1.82, 2.24) is 10.2 Å². The number of likely N-dealkylation sites (N-methyl/N-ethyl adjacent to an activating group) is 2. The Balaban J connectivity index is 3.05. The monoisotopic (exact) mass is 234 g/mol. The molecule has 0 spiro atoms. The molecule has 1 aromatic carbocycles. The van der Waals surface area contributed by atoms with Crippen LogP contribution >= 0.6 is 0 Å². The lowest BCUT2D eigenvalue weighted by molar-refractivity contribution is 0.289. The van der Waals surface area contributed by atoms with Crippen LogP contribution in [0.1, 0.15) is 35.2 Å². The Labute approximate surface area is 106 Å². The quantitative estimate of drug-likeness (QED) is 0.843. The molecule has 2 nitrogen and oxygen atoms in total. The summed E-state index contributed by atoms with van der Waals surface area (Å²) in [7, 11) is 4.30. The molecule has 0 aromatic heterocycles. The van der Waals surface area contributed by atoms with E-state index in [1.807, 2.05) is 0 Å². The van der Waals surface area contributed by atoms with Crippen molar-refractivity contribution in [2.45, 2.75) is 33.7 Å². The molecule has 0 heterocycles. The van der Waals surface area contributed by atoms with Gasteiger partial charge in [-0.05, 0) is 63.7 Å². The van der Waals surface area contributed by atoms with E-state index in [1.165, 1.54) is 22.3 Å². The molecule has 1 N–H and O–H groups in total. The minimum absolute atomic E-state index is 0.453. The van der Waals surface area contributed by atoms with Gasteiger partial charge in [-0.2, -0.15) is 0 Å². The number of rotatable bonds is 5. The van der Waals surface area contributed by atoms with Gasteiger partial charge in [-0.15, -0.1) is 0 Å². The summed E-state index contributed by atoms with van der Waals surface area (Å²) in [5, 5.41) is 3.45. The zero-order valence-electron chi connectivity index (χ0n) is 12.1. The van der Waals surface area contributed by atoms with Crippen LogP contribution < -0.4 is 5.32 Å². The molecule has 96 valence electrons. The second-order valence-corrected chi connectivity index (χ2v) is 5.08. The van der Waals surface area contributed by atoms with Gasteiger partial charge in [-0.3, -0.25) is 0 Å². The Morgan fingerprint density at radius 3 is 2.18 bits per heavy atom. The van der Waals surface area contributed by atoms with Crippen molar-refractivity contribution in [1.29, 1.82) is 0 Å². The minimum atomic E-state index is 0.453. The highest BCUT2D eigenvalue weighted by atomic mass is 15.1. The zero-order valence-corrected chi connectivity index (χ0v) is 12.1. The van der Waals surface area contributed by atoms with Crippen LogP contribution in [0, 0.1) is 20.8 Å². The van der Waals surface area contributed by atoms with Crippen molar-refractivity contribution < 1.29 is 0 Å². The molecule has 0 aliphatic heterocycles. The summed E-state index contributed by atoms with van der Waals surface area (Å²) in [5.74, 6) is 0. The number of nitrogens with one attached hydrogen (secondary N) is 1. The van der Waals surface area contributed by atoms with Gasteiger partial charge in [0, 0.05) is 12.6 Å². The van der Waals surface area contributed by atoms with Gasteiger partial charge in [0.1, 0.15) is 0 Å². The van der Waals surface area contributed by atoms with E-state index in [1.54, 1.807) is 0 Å². The molecule has 1 aromatic rings. The Bertz CT molecular complexity index is 369. The second kappa shape index (κ2) is 6.18. The molecule has 0 saturated heterocycles. The highest BCUT2D eigenvalue weighted by Gasteiger charge is 2.16.